The Balaban J connectivity index is 1.93. The first kappa shape index (κ1) is 19.3. The van der Waals surface area contributed by atoms with E-state index in [1.165, 1.54) is 12.1 Å². The van der Waals surface area contributed by atoms with Crippen LogP contribution in [0.25, 0.3) is 33.4 Å². The van der Waals surface area contributed by atoms with Crippen molar-refractivity contribution in [3.05, 3.63) is 66.7 Å². The highest BCUT2D eigenvalue weighted by atomic mass is 19.1. The Labute approximate surface area is 173 Å². The number of aromatic nitrogens is 3. The quantitative estimate of drug-likeness (QED) is 0.468. The summed E-state index contributed by atoms with van der Waals surface area (Å²) in [6.45, 7) is 0.236. The molecule has 2 aromatic heterocycles. The minimum Gasteiger partial charge on any atom is -0.490 e. The van der Waals surface area contributed by atoms with Gasteiger partial charge in [0.25, 0.3) is 0 Å². The van der Waals surface area contributed by atoms with Gasteiger partial charge in [0.15, 0.2) is 5.82 Å². The Morgan fingerprint density at radius 2 is 1.90 bits per heavy atom. The highest BCUT2D eigenvalue weighted by Crippen LogP contribution is 2.36. The number of anilines is 1. The lowest BCUT2D eigenvalue weighted by atomic mass is 10.0. The van der Waals surface area contributed by atoms with Gasteiger partial charge >= 0.3 is 0 Å². The monoisotopic (exact) mass is 399 g/mol. The molecule has 4 rings (SSSR count). The van der Waals surface area contributed by atoms with Gasteiger partial charge < -0.3 is 10.1 Å². The molecule has 30 heavy (non-hydrogen) atoms. The topological polar surface area (TPSA) is 83.7 Å². The van der Waals surface area contributed by atoms with Crippen molar-refractivity contribution in [1.82, 2.24) is 15.0 Å². The van der Waals surface area contributed by atoms with Gasteiger partial charge in [-0.1, -0.05) is 12.1 Å². The van der Waals surface area contributed by atoms with Crippen LogP contribution in [-0.4, -0.2) is 28.6 Å². The molecular formula is C23H18FN5O. The molecule has 0 fully saturated rings. The first-order valence-electron chi connectivity index (χ1n) is 9.39. The van der Waals surface area contributed by atoms with Crippen molar-refractivity contribution in [2.24, 2.45) is 0 Å². The Morgan fingerprint density at radius 1 is 1.07 bits per heavy atom. The number of hydrogen-bond donors (Lipinski definition) is 1. The zero-order valence-corrected chi connectivity index (χ0v) is 16.3. The van der Waals surface area contributed by atoms with Crippen molar-refractivity contribution in [3.63, 3.8) is 0 Å². The van der Waals surface area contributed by atoms with Crippen LogP contribution in [0.3, 0.4) is 0 Å². The second kappa shape index (κ2) is 8.53. The van der Waals surface area contributed by atoms with Crippen LogP contribution in [0.4, 0.5) is 10.2 Å². The zero-order chi connectivity index (χ0) is 20.9. The van der Waals surface area contributed by atoms with Crippen molar-refractivity contribution < 1.29 is 9.13 Å². The third kappa shape index (κ3) is 3.89. The van der Waals surface area contributed by atoms with Gasteiger partial charge in [-0.05, 0) is 47.5 Å². The van der Waals surface area contributed by atoms with E-state index in [0.29, 0.717) is 22.9 Å². The maximum Gasteiger partial charge on any atom is 0.163 e. The Hall–Kier alpha value is -4.05. The molecule has 0 bridgehead atoms. The van der Waals surface area contributed by atoms with E-state index in [4.69, 9.17) is 15.0 Å². The van der Waals surface area contributed by atoms with E-state index in [0.717, 1.165) is 22.1 Å². The van der Waals surface area contributed by atoms with E-state index in [1.54, 1.807) is 31.6 Å². The molecule has 2 heterocycles. The van der Waals surface area contributed by atoms with Gasteiger partial charge in [0, 0.05) is 30.4 Å². The summed E-state index contributed by atoms with van der Waals surface area (Å²) in [5.74, 6) is 1.38. The van der Waals surface area contributed by atoms with E-state index < -0.39 is 0 Å². The summed E-state index contributed by atoms with van der Waals surface area (Å²) >= 11 is 0. The summed E-state index contributed by atoms with van der Waals surface area (Å²) < 4.78 is 19.3. The van der Waals surface area contributed by atoms with Crippen LogP contribution in [0.15, 0.2) is 60.9 Å². The molecule has 0 aliphatic heterocycles. The van der Waals surface area contributed by atoms with E-state index >= 15 is 0 Å². The molecule has 0 radical (unpaired) electrons. The molecule has 148 valence electrons. The average molecular weight is 399 g/mol. The van der Waals surface area contributed by atoms with Gasteiger partial charge in [-0.3, -0.25) is 4.98 Å². The second-order valence-corrected chi connectivity index (χ2v) is 6.52. The fourth-order valence-corrected chi connectivity index (χ4v) is 3.14. The number of nitrogens with zero attached hydrogens (tertiary/aromatic N) is 4. The number of fused-ring (bicyclic) bond motifs is 1. The minimum absolute atomic E-state index is 0.236. The number of halogens is 1. The molecule has 4 aromatic rings. The zero-order valence-electron chi connectivity index (χ0n) is 16.3. The molecular weight excluding hydrogens is 381 g/mol. The standard InChI is InChI=1S/C23H18FN5O/c1-26-23-19-12-17(15-5-7-18(24)8-6-15)13-20(30-11-3-9-25)21(19)28-22(29-23)16-4-2-10-27-14-16/h2,4-8,10,12-14H,3,11H2,1H3,(H,26,28,29). The third-order valence-electron chi connectivity index (χ3n) is 4.57. The SMILES string of the molecule is CNc1nc(-c2cccnc2)nc2c(OCCC#N)cc(-c3ccc(F)cc3)cc12. The summed E-state index contributed by atoms with van der Waals surface area (Å²) in [5.41, 5.74) is 3.07. The summed E-state index contributed by atoms with van der Waals surface area (Å²) in [7, 11) is 1.79. The molecule has 0 amide bonds. The van der Waals surface area contributed by atoms with Crippen molar-refractivity contribution in [2.45, 2.75) is 6.42 Å². The largest absolute Gasteiger partial charge is 0.490 e. The van der Waals surface area contributed by atoms with Gasteiger partial charge in [-0.2, -0.15) is 5.26 Å². The number of nitriles is 1. The maximum absolute atomic E-state index is 13.4. The predicted molar refractivity (Wildman–Crippen MR) is 113 cm³/mol. The highest BCUT2D eigenvalue weighted by Gasteiger charge is 2.15. The number of rotatable bonds is 6. The summed E-state index contributed by atoms with van der Waals surface area (Å²) in [5, 5.41) is 12.8. The van der Waals surface area contributed by atoms with Gasteiger partial charge in [0.05, 0.1) is 12.5 Å². The third-order valence-corrected chi connectivity index (χ3v) is 4.57. The second-order valence-electron chi connectivity index (χ2n) is 6.52. The van der Waals surface area contributed by atoms with E-state index in [2.05, 4.69) is 21.4 Å². The molecule has 0 spiro atoms. The molecule has 0 aliphatic rings. The summed E-state index contributed by atoms with van der Waals surface area (Å²) in [6.07, 6.45) is 3.64. The molecule has 2 aromatic carbocycles. The molecule has 0 saturated heterocycles. The van der Waals surface area contributed by atoms with Crippen LogP contribution >= 0.6 is 0 Å². The summed E-state index contributed by atoms with van der Waals surface area (Å²) in [4.78, 5) is 13.5. The molecule has 6 nitrogen and oxygen atoms in total. The van der Waals surface area contributed by atoms with Crippen molar-refractivity contribution in [3.8, 4) is 34.3 Å². The highest BCUT2D eigenvalue weighted by molar-refractivity contribution is 5.97. The lowest BCUT2D eigenvalue weighted by Gasteiger charge is -2.14. The number of nitrogens with one attached hydrogen (secondary N) is 1. The van der Waals surface area contributed by atoms with Crippen LogP contribution in [0.1, 0.15) is 6.42 Å². The first-order chi connectivity index (χ1) is 14.7. The fourth-order valence-electron chi connectivity index (χ4n) is 3.14. The smallest absolute Gasteiger partial charge is 0.163 e. The lowest BCUT2D eigenvalue weighted by molar-refractivity contribution is 0.330. The van der Waals surface area contributed by atoms with Gasteiger partial charge in [-0.15, -0.1) is 0 Å². The minimum atomic E-state index is -0.301. The van der Waals surface area contributed by atoms with Crippen LogP contribution in [-0.2, 0) is 0 Å². The van der Waals surface area contributed by atoms with Crippen LogP contribution < -0.4 is 10.1 Å². The number of ether oxygens (including phenoxy) is 1. The Morgan fingerprint density at radius 3 is 2.60 bits per heavy atom. The Kier molecular flexibility index (Phi) is 5.48. The number of hydrogen-bond acceptors (Lipinski definition) is 6. The van der Waals surface area contributed by atoms with Crippen LogP contribution in [0.2, 0.25) is 0 Å². The Bertz CT molecular complexity index is 1220. The molecule has 0 saturated carbocycles. The van der Waals surface area contributed by atoms with Crippen molar-refractivity contribution in [1.29, 1.82) is 5.26 Å². The van der Waals surface area contributed by atoms with Crippen molar-refractivity contribution >= 4 is 16.7 Å². The number of pyridine rings is 1. The lowest BCUT2D eigenvalue weighted by Crippen LogP contribution is -2.03. The average Bonchev–Trinajstić information content (AvgIpc) is 2.79. The van der Waals surface area contributed by atoms with E-state index in [1.807, 2.05) is 24.3 Å². The normalized spacial score (nSPS) is 10.6. The van der Waals surface area contributed by atoms with Gasteiger partial charge in [0.2, 0.25) is 0 Å². The van der Waals surface area contributed by atoms with E-state index in [9.17, 15) is 4.39 Å². The van der Waals surface area contributed by atoms with Crippen molar-refractivity contribution in [2.75, 3.05) is 19.0 Å². The fraction of sp³-hybridized carbons (Fsp3) is 0.130. The molecule has 0 atom stereocenters. The number of benzene rings is 2. The van der Waals surface area contributed by atoms with Gasteiger partial charge in [-0.25, -0.2) is 14.4 Å². The predicted octanol–water partition coefficient (Wildman–Crippen LogP) is 4.83. The van der Waals surface area contributed by atoms with E-state index in [-0.39, 0.29) is 18.8 Å². The molecule has 7 heteroatoms. The maximum atomic E-state index is 13.4. The van der Waals surface area contributed by atoms with Gasteiger partial charge in [0.1, 0.15) is 29.5 Å². The molecule has 1 N–H and O–H groups in total. The van der Waals surface area contributed by atoms with Crippen LogP contribution in [0.5, 0.6) is 5.75 Å². The first-order valence-corrected chi connectivity index (χ1v) is 9.39. The summed E-state index contributed by atoms with van der Waals surface area (Å²) in [6, 6.07) is 15.8. The molecule has 0 aliphatic carbocycles. The van der Waals surface area contributed by atoms with Crippen LogP contribution in [0, 0.1) is 17.1 Å². The molecule has 0 unspecified atom stereocenters.